The van der Waals surface area contributed by atoms with Gasteiger partial charge in [0.15, 0.2) is 5.82 Å². The first-order valence-electron chi connectivity index (χ1n) is 15.4. The molecule has 2 aliphatic carbocycles. The summed E-state index contributed by atoms with van der Waals surface area (Å²) in [6.45, 7) is 0. The van der Waals surface area contributed by atoms with Gasteiger partial charge in [-0.25, -0.2) is 9.97 Å². The van der Waals surface area contributed by atoms with Gasteiger partial charge < -0.3 is 0 Å². The third-order valence-corrected chi connectivity index (χ3v) is 9.34. The molecule has 2 nitrogen and oxygen atoms in total. The molecule has 7 aromatic rings. The molecule has 0 N–H and O–H groups in total. The molecule has 0 atom stereocenters. The lowest BCUT2D eigenvalue weighted by Gasteiger charge is -2.35. The zero-order chi connectivity index (χ0) is 29.8. The third-order valence-electron chi connectivity index (χ3n) is 9.34. The molecule has 0 amide bonds. The van der Waals surface area contributed by atoms with E-state index in [1.54, 1.807) is 0 Å². The van der Waals surface area contributed by atoms with Crippen molar-refractivity contribution in [3.8, 4) is 45.0 Å². The van der Waals surface area contributed by atoms with Crippen LogP contribution in [0.3, 0.4) is 0 Å². The summed E-state index contributed by atoms with van der Waals surface area (Å²) in [5, 5.41) is 0. The Balaban J connectivity index is 1.31. The monoisotopic (exact) mass is 572 g/mol. The van der Waals surface area contributed by atoms with Crippen LogP contribution in [-0.2, 0) is 5.41 Å². The quantitative estimate of drug-likeness (QED) is 0.210. The molecule has 0 bridgehead atoms. The zero-order valence-corrected chi connectivity index (χ0v) is 24.6. The maximum absolute atomic E-state index is 5.15. The van der Waals surface area contributed by atoms with Crippen LogP contribution in [0.2, 0.25) is 0 Å². The van der Waals surface area contributed by atoms with Gasteiger partial charge in [0.25, 0.3) is 0 Å². The minimum atomic E-state index is -0.441. The molecule has 9 rings (SSSR count). The van der Waals surface area contributed by atoms with Crippen molar-refractivity contribution in [1.29, 1.82) is 0 Å². The van der Waals surface area contributed by atoms with Crippen LogP contribution in [-0.4, -0.2) is 9.97 Å². The summed E-state index contributed by atoms with van der Waals surface area (Å²) in [7, 11) is 0. The van der Waals surface area contributed by atoms with Crippen molar-refractivity contribution in [1.82, 2.24) is 9.97 Å². The van der Waals surface area contributed by atoms with Crippen LogP contribution in [0.5, 0.6) is 0 Å². The van der Waals surface area contributed by atoms with Crippen molar-refractivity contribution in [3.05, 3.63) is 191 Å². The van der Waals surface area contributed by atoms with Gasteiger partial charge in [0.1, 0.15) is 0 Å². The van der Waals surface area contributed by atoms with Gasteiger partial charge in [-0.3, -0.25) is 0 Å². The van der Waals surface area contributed by atoms with E-state index in [4.69, 9.17) is 9.97 Å². The first-order chi connectivity index (χ1) is 22.3. The summed E-state index contributed by atoms with van der Waals surface area (Å²) in [5.41, 5.74) is 14.7. The second-order valence-electron chi connectivity index (χ2n) is 11.8. The van der Waals surface area contributed by atoms with E-state index in [1.165, 1.54) is 44.5 Å². The number of nitrogens with zero attached hydrogens (tertiary/aromatic N) is 2. The van der Waals surface area contributed by atoms with Gasteiger partial charge in [-0.2, -0.15) is 0 Å². The van der Waals surface area contributed by atoms with Gasteiger partial charge in [-0.05, 0) is 56.6 Å². The molecule has 0 aliphatic heterocycles. The highest BCUT2D eigenvalue weighted by molar-refractivity contribution is 5.92. The Morgan fingerprint density at radius 2 is 0.844 bits per heavy atom. The highest BCUT2D eigenvalue weighted by Gasteiger charge is 2.48. The molecule has 6 aromatic carbocycles. The minimum absolute atomic E-state index is 0.441. The van der Waals surface area contributed by atoms with Crippen LogP contribution in [0.1, 0.15) is 33.4 Å². The summed E-state index contributed by atoms with van der Waals surface area (Å²) in [6.07, 6.45) is 4.54. The number of hydrogen-bond acceptors (Lipinski definition) is 2. The predicted octanol–water partition coefficient (Wildman–Crippen LogP) is 10.3. The van der Waals surface area contributed by atoms with E-state index in [1.807, 2.05) is 12.1 Å². The molecular weight excluding hydrogens is 544 g/mol. The number of benzene rings is 6. The second kappa shape index (κ2) is 10.1. The number of rotatable bonds is 3. The fraction of sp³-hybridized carbons (Fsp3) is 0.0233. The van der Waals surface area contributed by atoms with Crippen LogP contribution < -0.4 is 0 Å². The fourth-order valence-electron chi connectivity index (χ4n) is 7.39. The Hall–Kier alpha value is -5.86. The van der Waals surface area contributed by atoms with Gasteiger partial charge in [-0.1, -0.05) is 158 Å². The van der Waals surface area contributed by atoms with Gasteiger partial charge in [0.2, 0.25) is 0 Å². The molecule has 0 radical (unpaired) electrons. The highest BCUT2D eigenvalue weighted by atomic mass is 14.9. The first kappa shape index (κ1) is 25.6. The van der Waals surface area contributed by atoms with Crippen LogP contribution in [0.4, 0.5) is 0 Å². The molecular formula is C43H28N2. The molecule has 2 aliphatic rings. The lowest BCUT2D eigenvalue weighted by molar-refractivity contribution is 0.766. The maximum atomic E-state index is 5.15. The lowest BCUT2D eigenvalue weighted by atomic mass is 9.66. The largest absolute Gasteiger partial charge is 0.228 e. The summed E-state index contributed by atoms with van der Waals surface area (Å²) in [6, 6.07) is 56.3. The molecule has 0 unspecified atom stereocenters. The van der Waals surface area contributed by atoms with Crippen molar-refractivity contribution in [2.75, 3.05) is 0 Å². The summed E-state index contributed by atoms with van der Waals surface area (Å²) < 4.78 is 0. The molecule has 210 valence electrons. The minimum Gasteiger partial charge on any atom is -0.228 e. The van der Waals surface area contributed by atoms with E-state index in [0.717, 1.165) is 33.9 Å². The molecule has 0 fully saturated rings. The van der Waals surface area contributed by atoms with Crippen molar-refractivity contribution in [2.45, 2.75) is 5.41 Å². The average molecular weight is 573 g/mol. The molecule has 1 heterocycles. The molecule has 0 saturated carbocycles. The number of hydrogen-bond donors (Lipinski definition) is 0. The van der Waals surface area contributed by atoms with E-state index in [0.29, 0.717) is 0 Å². The molecule has 0 saturated heterocycles. The second-order valence-corrected chi connectivity index (χ2v) is 11.8. The van der Waals surface area contributed by atoms with E-state index in [2.05, 4.69) is 158 Å². The topological polar surface area (TPSA) is 25.8 Å². The predicted molar refractivity (Wildman–Crippen MR) is 185 cm³/mol. The first-order valence-corrected chi connectivity index (χ1v) is 15.4. The van der Waals surface area contributed by atoms with Crippen LogP contribution in [0.15, 0.2) is 158 Å². The summed E-state index contributed by atoms with van der Waals surface area (Å²) in [5.74, 6) is 0.722. The van der Waals surface area contributed by atoms with E-state index < -0.39 is 5.41 Å². The van der Waals surface area contributed by atoms with Crippen molar-refractivity contribution < 1.29 is 0 Å². The fourth-order valence-corrected chi connectivity index (χ4v) is 7.39. The molecule has 1 aromatic heterocycles. The molecule has 1 spiro atoms. The van der Waals surface area contributed by atoms with Crippen molar-refractivity contribution in [2.24, 2.45) is 0 Å². The van der Waals surface area contributed by atoms with Gasteiger partial charge in [0.05, 0.1) is 16.8 Å². The number of fused-ring (bicyclic) bond motifs is 9. The lowest BCUT2D eigenvalue weighted by Crippen LogP contribution is -2.29. The van der Waals surface area contributed by atoms with Crippen LogP contribution >= 0.6 is 0 Å². The Kier molecular flexibility index (Phi) is 5.76. The Labute approximate surface area is 263 Å². The molecule has 45 heavy (non-hydrogen) atoms. The smallest absolute Gasteiger partial charge is 0.160 e. The van der Waals surface area contributed by atoms with Crippen LogP contribution in [0, 0.1) is 0 Å². The van der Waals surface area contributed by atoms with E-state index >= 15 is 0 Å². The van der Waals surface area contributed by atoms with Crippen molar-refractivity contribution in [3.63, 3.8) is 0 Å². The summed E-state index contributed by atoms with van der Waals surface area (Å²) in [4.78, 5) is 10.3. The van der Waals surface area contributed by atoms with Crippen LogP contribution in [0.25, 0.3) is 57.2 Å². The van der Waals surface area contributed by atoms with E-state index in [-0.39, 0.29) is 0 Å². The molecule has 2 heteroatoms. The Morgan fingerprint density at radius 1 is 0.356 bits per heavy atom. The summed E-state index contributed by atoms with van der Waals surface area (Å²) >= 11 is 0. The Bertz CT molecular complexity index is 2160. The maximum Gasteiger partial charge on any atom is 0.160 e. The third kappa shape index (κ3) is 3.89. The zero-order valence-electron chi connectivity index (χ0n) is 24.6. The van der Waals surface area contributed by atoms with Gasteiger partial charge in [0, 0.05) is 16.7 Å². The van der Waals surface area contributed by atoms with Gasteiger partial charge in [-0.15, -0.1) is 0 Å². The van der Waals surface area contributed by atoms with E-state index in [9.17, 15) is 0 Å². The highest BCUT2D eigenvalue weighted by Crippen LogP contribution is 2.58. The average Bonchev–Trinajstić information content (AvgIpc) is 3.32. The van der Waals surface area contributed by atoms with Gasteiger partial charge >= 0.3 is 0 Å². The van der Waals surface area contributed by atoms with Crippen molar-refractivity contribution >= 4 is 12.2 Å². The normalized spacial score (nSPS) is 13.4. The SMILES string of the molecule is C1=Cc2ccccc2C2(c3ccccc31)c1ccccc1-c1cc(-c3nc(-c4ccccc4)cc(-c4ccccc4)n3)ccc12. The standard InChI is InChI=1S/C43H28N2/c1-3-15-31(16-4-1)40-28-41(32-17-5-2-6-18-32)45-42(44-40)33-25-26-39-35(27-33)34-19-9-12-22-38(34)43(39)36-20-10-7-13-29(36)23-24-30-14-8-11-21-37(30)43/h1-28H. The Morgan fingerprint density at radius 3 is 1.44 bits per heavy atom. The number of aromatic nitrogens is 2.